The Morgan fingerprint density at radius 3 is 2.80 bits per heavy atom. The van der Waals surface area contributed by atoms with Gasteiger partial charge in [0.25, 0.3) is 0 Å². The molecule has 0 saturated heterocycles. The van der Waals surface area contributed by atoms with Crippen molar-refractivity contribution in [2.45, 2.75) is 13.1 Å². The molecular weight excluding hydrogens is 192 g/mol. The number of aliphatic imine (C=N–C) groups is 2. The zero-order chi connectivity index (χ0) is 10.7. The van der Waals surface area contributed by atoms with Crippen LogP contribution in [-0.2, 0) is 0 Å². The van der Waals surface area contributed by atoms with Crippen molar-refractivity contribution >= 4 is 17.7 Å². The summed E-state index contributed by atoms with van der Waals surface area (Å²) < 4.78 is 0. The number of rotatable bonds is 1. The lowest BCUT2D eigenvalue weighted by molar-refractivity contribution is 0.756. The molecule has 1 aliphatic heterocycles. The van der Waals surface area contributed by atoms with Gasteiger partial charge in [0, 0.05) is 13.2 Å². The minimum atomic E-state index is -0.0776. The third-order valence-electron chi connectivity index (χ3n) is 1.96. The fourth-order valence-corrected chi connectivity index (χ4v) is 1.31. The number of aromatic amines is 1. The molecular formula is C9H14N6. The second-order valence-corrected chi connectivity index (χ2v) is 3.17. The molecule has 80 valence electrons. The maximum absolute atomic E-state index is 4.30. The van der Waals surface area contributed by atoms with Gasteiger partial charge in [0.1, 0.15) is 12.0 Å². The predicted octanol–water partition coefficient (Wildman–Crippen LogP) is 0.307. The normalized spacial score (nSPS) is 20.0. The van der Waals surface area contributed by atoms with Crippen LogP contribution in [0, 0.1) is 0 Å². The summed E-state index contributed by atoms with van der Waals surface area (Å²) in [5.74, 6) is 2.29. The van der Waals surface area contributed by atoms with Gasteiger partial charge in [-0.15, -0.1) is 0 Å². The Labute approximate surface area is 87.9 Å². The molecule has 0 bridgehead atoms. The van der Waals surface area contributed by atoms with Crippen LogP contribution >= 0.6 is 0 Å². The molecule has 1 aromatic heterocycles. The number of nitrogens with one attached hydrogen (secondary N) is 4. The third-order valence-corrected chi connectivity index (χ3v) is 1.96. The maximum Gasteiger partial charge on any atom is 0.205 e. The summed E-state index contributed by atoms with van der Waals surface area (Å²) in [4.78, 5) is 11.6. The van der Waals surface area contributed by atoms with E-state index in [0.717, 1.165) is 5.82 Å². The molecule has 6 heteroatoms. The number of nitrogens with zero attached hydrogens (tertiary/aromatic N) is 2. The first-order valence-corrected chi connectivity index (χ1v) is 4.78. The summed E-state index contributed by atoms with van der Waals surface area (Å²) >= 11 is 0. The second kappa shape index (κ2) is 4.04. The first-order valence-electron chi connectivity index (χ1n) is 4.78. The number of guanidine groups is 2. The van der Waals surface area contributed by atoms with Crippen LogP contribution in [0.3, 0.4) is 0 Å². The van der Waals surface area contributed by atoms with E-state index in [4.69, 9.17) is 0 Å². The monoisotopic (exact) mass is 206 g/mol. The van der Waals surface area contributed by atoms with Crippen molar-refractivity contribution in [1.82, 2.24) is 15.6 Å². The van der Waals surface area contributed by atoms with Gasteiger partial charge < -0.3 is 15.6 Å². The van der Waals surface area contributed by atoms with E-state index < -0.39 is 0 Å². The Balaban J connectivity index is 2.05. The average molecular weight is 206 g/mol. The molecule has 0 fully saturated rings. The first kappa shape index (κ1) is 9.57. The van der Waals surface area contributed by atoms with Crippen molar-refractivity contribution in [2.24, 2.45) is 9.98 Å². The number of aromatic nitrogens is 1. The third kappa shape index (κ3) is 2.28. The summed E-state index contributed by atoms with van der Waals surface area (Å²) in [5, 5.41) is 9.10. The summed E-state index contributed by atoms with van der Waals surface area (Å²) in [5.41, 5.74) is 0. The van der Waals surface area contributed by atoms with E-state index in [0.29, 0.717) is 11.9 Å². The molecule has 6 nitrogen and oxygen atoms in total. The standard InChI is InChI=1S/C9H14N6/c1-6-12-8(10-2)15-9(13-6)14-7-4-3-5-11-7/h3-6,11H,1-2H3,(H3,10,12,13,14,15). The second-order valence-electron chi connectivity index (χ2n) is 3.17. The average Bonchev–Trinajstić information content (AvgIpc) is 2.69. The van der Waals surface area contributed by atoms with E-state index in [-0.39, 0.29) is 6.17 Å². The van der Waals surface area contributed by atoms with Gasteiger partial charge >= 0.3 is 0 Å². The van der Waals surface area contributed by atoms with Gasteiger partial charge in [-0.2, -0.15) is 0 Å². The Morgan fingerprint density at radius 1 is 1.33 bits per heavy atom. The van der Waals surface area contributed by atoms with Gasteiger partial charge in [0.2, 0.25) is 5.96 Å². The zero-order valence-corrected chi connectivity index (χ0v) is 8.70. The van der Waals surface area contributed by atoms with E-state index in [1.807, 2.05) is 32.3 Å². The molecule has 1 aliphatic rings. The molecule has 2 heterocycles. The Bertz CT molecular complexity index is 377. The fraction of sp³-hybridized carbons (Fsp3) is 0.333. The van der Waals surface area contributed by atoms with Crippen molar-refractivity contribution in [1.29, 1.82) is 0 Å². The minimum absolute atomic E-state index is 0.0776. The van der Waals surface area contributed by atoms with Gasteiger partial charge in [0.05, 0.1) is 0 Å². The smallest absolute Gasteiger partial charge is 0.205 e. The van der Waals surface area contributed by atoms with E-state index in [1.54, 1.807) is 0 Å². The highest BCUT2D eigenvalue weighted by Crippen LogP contribution is 2.03. The topological polar surface area (TPSA) is 76.6 Å². The highest BCUT2D eigenvalue weighted by Gasteiger charge is 2.11. The van der Waals surface area contributed by atoms with Crippen molar-refractivity contribution in [3.05, 3.63) is 18.3 Å². The highest BCUT2D eigenvalue weighted by atomic mass is 15.3. The largest absolute Gasteiger partial charge is 0.359 e. The zero-order valence-electron chi connectivity index (χ0n) is 8.70. The molecule has 1 aromatic rings. The molecule has 0 aliphatic carbocycles. The van der Waals surface area contributed by atoms with E-state index in [9.17, 15) is 0 Å². The lowest BCUT2D eigenvalue weighted by Crippen LogP contribution is -2.46. The van der Waals surface area contributed by atoms with Crippen LogP contribution in [0.25, 0.3) is 0 Å². The summed E-state index contributed by atoms with van der Waals surface area (Å²) in [6.45, 7) is 1.93. The minimum Gasteiger partial charge on any atom is -0.359 e. The molecule has 0 aromatic carbocycles. The summed E-state index contributed by atoms with van der Waals surface area (Å²) in [7, 11) is 1.82. The molecule has 4 N–H and O–H groups in total. The number of hydrogen-bond acceptors (Lipinski definition) is 5. The van der Waals surface area contributed by atoms with Gasteiger partial charge in [0.15, 0.2) is 5.96 Å². The van der Waals surface area contributed by atoms with Crippen molar-refractivity contribution in [2.75, 3.05) is 12.4 Å². The van der Waals surface area contributed by atoms with Crippen LogP contribution in [0.5, 0.6) is 0 Å². The van der Waals surface area contributed by atoms with E-state index >= 15 is 0 Å². The maximum atomic E-state index is 4.30. The lowest BCUT2D eigenvalue weighted by atomic mass is 10.5. The molecule has 0 amide bonds. The molecule has 15 heavy (non-hydrogen) atoms. The number of H-pyrrole nitrogens is 1. The molecule has 1 unspecified atom stereocenters. The van der Waals surface area contributed by atoms with Gasteiger partial charge in [-0.1, -0.05) is 0 Å². The predicted molar refractivity (Wildman–Crippen MR) is 60.9 cm³/mol. The van der Waals surface area contributed by atoms with Crippen LogP contribution in [0.1, 0.15) is 6.92 Å². The van der Waals surface area contributed by atoms with E-state index in [1.165, 1.54) is 0 Å². The van der Waals surface area contributed by atoms with Gasteiger partial charge in [-0.3, -0.25) is 5.32 Å². The van der Waals surface area contributed by atoms with Crippen molar-refractivity contribution < 1.29 is 0 Å². The van der Waals surface area contributed by atoms with Crippen molar-refractivity contribution in [3.63, 3.8) is 0 Å². The SMILES string of the molecule is CNC1=NC(C)N=C(Nc2ccc[nH]2)N1. The van der Waals surface area contributed by atoms with Gasteiger partial charge in [-0.05, 0) is 19.1 Å². The van der Waals surface area contributed by atoms with Crippen LogP contribution in [0.15, 0.2) is 28.3 Å². The van der Waals surface area contributed by atoms with Crippen LogP contribution < -0.4 is 16.0 Å². The van der Waals surface area contributed by atoms with Crippen LogP contribution in [0.2, 0.25) is 0 Å². The van der Waals surface area contributed by atoms with Gasteiger partial charge in [-0.25, -0.2) is 9.98 Å². The summed E-state index contributed by atoms with van der Waals surface area (Å²) in [6, 6.07) is 3.85. The molecule has 2 rings (SSSR count). The Morgan fingerprint density at radius 2 is 2.13 bits per heavy atom. The number of anilines is 1. The quantitative estimate of drug-likeness (QED) is 0.534. The first-order chi connectivity index (χ1) is 7.28. The summed E-state index contributed by atoms with van der Waals surface area (Å²) in [6.07, 6.45) is 1.77. The van der Waals surface area contributed by atoms with Crippen LogP contribution in [-0.4, -0.2) is 30.1 Å². The fourth-order valence-electron chi connectivity index (χ4n) is 1.31. The van der Waals surface area contributed by atoms with E-state index in [2.05, 4.69) is 30.9 Å². The Hall–Kier alpha value is -1.98. The Kier molecular flexibility index (Phi) is 2.57. The van der Waals surface area contributed by atoms with Crippen molar-refractivity contribution in [3.8, 4) is 0 Å². The highest BCUT2D eigenvalue weighted by molar-refractivity contribution is 6.05. The number of hydrogen-bond donors (Lipinski definition) is 4. The lowest BCUT2D eigenvalue weighted by Gasteiger charge is -2.19. The molecule has 1 atom stereocenters. The molecule has 0 radical (unpaired) electrons. The van der Waals surface area contributed by atoms with Crippen LogP contribution in [0.4, 0.5) is 5.82 Å². The molecule has 0 saturated carbocycles. The molecule has 0 spiro atoms.